The number of carbonyl (C=O) groups excluding carboxylic acids is 1. The van der Waals surface area contributed by atoms with Gasteiger partial charge in [-0.25, -0.2) is 9.79 Å². The minimum Gasteiger partial charge on any atom is -0.491 e. The minimum absolute atomic E-state index is 0.124. The number of carbonyl (C=O) groups is 1. The van der Waals surface area contributed by atoms with Crippen molar-refractivity contribution in [3.63, 3.8) is 0 Å². The van der Waals surface area contributed by atoms with E-state index in [4.69, 9.17) is 14.2 Å². The Balaban J connectivity index is 2.09. The van der Waals surface area contributed by atoms with Crippen LogP contribution < -0.4 is 4.74 Å². The second kappa shape index (κ2) is 6.41. The van der Waals surface area contributed by atoms with E-state index in [1.165, 1.54) is 6.40 Å². The first-order valence-electron chi connectivity index (χ1n) is 6.72. The first kappa shape index (κ1) is 14.4. The molecule has 1 aliphatic rings. The number of benzene rings is 1. The van der Waals surface area contributed by atoms with Gasteiger partial charge in [-0.05, 0) is 38.5 Å². The van der Waals surface area contributed by atoms with Crippen LogP contribution in [-0.2, 0) is 14.3 Å². The van der Waals surface area contributed by atoms with Crippen LogP contribution >= 0.6 is 0 Å². The zero-order valence-electron chi connectivity index (χ0n) is 11.9. The van der Waals surface area contributed by atoms with E-state index in [-0.39, 0.29) is 12.1 Å². The third-order valence-electron chi connectivity index (χ3n) is 2.82. The molecule has 20 heavy (non-hydrogen) atoms. The number of rotatable bonds is 5. The Morgan fingerprint density at radius 2 is 2.05 bits per heavy atom. The van der Waals surface area contributed by atoms with Crippen molar-refractivity contribution in [3.05, 3.63) is 29.8 Å². The fourth-order valence-electron chi connectivity index (χ4n) is 2.00. The lowest BCUT2D eigenvalue weighted by Crippen LogP contribution is -2.26. The van der Waals surface area contributed by atoms with Crippen molar-refractivity contribution < 1.29 is 19.0 Å². The lowest BCUT2D eigenvalue weighted by Gasteiger charge is -2.17. The Kier molecular flexibility index (Phi) is 4.61. The highest BCUT2D eigenvalue weighted by Crippen LogP contribution is 2.29. The molecule has 0 amide bonds. The summed E-state index contributed by atoms with van der Waals surface area (Å²) in [5.74, 6) is 0.420. The summed E-state index contributed by atoms with van der Waals surface area (Å²) in [6.45, 7) is 6.04. The van der Waals surface area contributed by atoms with Crippen molar-refractivity contribution in [2.75, 3.05) is 6.61 Å². The second-order valence-electron chi connectivity index (χ2n) is 4.74. The van der Waals surface area contributed by atoms with Crippen molar-refractivity contribution in [1.82, 2.24) is 0 Å². The molecule has 0 bridgehead atoms. The standard InChI is InChI=1S/C15H19NO4/c1-4-18-15(17)13-14(19-9-16-13)11-5-7-12(8-6-11)20-10(2)3/h5-10,13-14H,4H2,1-3H3. The second-order valence-corrected chi connectivity index (χ2v) is 4.74. The van der Waals surface area contributed by atoms with Gasteiger partial charge in [0.2, 0.25) is 0 Å². The number of esters is 1. The highest BCUT2D eigenvalue weighted by Gasteiger charge is 2.35. The van der Waals surface area contributed by atoms with Crippen LogP contribution in [-0.4, -0.2) is 31.1 Å². The molecule has 0 N–H and O–H groups in total. The predicted octanol–water partition coefficient (Wildman–Crippen LogP) is 2.51. The summed E-state index contributed by atoms with van der Waals surface area (Å²) in [6, 6.07) is 6.84. The first-order chi connectivity index (χ1) is 9.61. The Bertz CT molecular complexity index is 481. The van der Waals surface area contributed by atoms with Crippen molar-refractivity contribution in [2.24, 2.45) is 4.99 Å². The van der Waals surface area contributed by atoms with Crippen molar-refractivity contribution in [3.8, 4) is 5.75 Å². The van der Waals surface area contributed by atoms with Gasteiger partial charge in [-0.3, -0.25) is 0 Å². The molecular formula is C15H19NO4. The summed E-state index contributed by atoms with van der Waals surface area (Å²) < 4.78 is 16.0. The van der Waals surface area contributed by atoms with E-state index in [0.29, 0.717) is 6.61 Å². The zero-order chi connectivity index (χ0) is 14.5. The molecule has 1 aromatic rings. The highest BCUT2D eigenvalue weighted by molar-refractivity contribution is 5.80. The monoisotopic (exact) mass is 277 g/mol. The van der Waals surface area contributed by atoms with Gasteiger partial charge in [0.05, 0.1) is 12.7 Å². The molecule has 0 saturated carbocycles. The molecule has 0 aliphatic carbocycles. The smallest absolute Gasteiger partial charge is 0.335 e. The largest absolute Gasteiger partial charge is 0.491 e. The van der Waals surface area contributed by atoms with Crippen LogP contribution in [0.15, 0.2) is 29.3 Å². The van der Waals surface area contributed by atoms with E-state index in [0.717, 1.165) is 11.3 Å². The predicted molar refractivity (Wildman–Crippen MR) is 74.9 cm³/mol. The van der Waals surface area contributed by atoms with Crippen LogP contribution in [0.1, 0.15) is 32.4 Å². The molecule has 2 atom stereocenters. The van der Waals surface area contributed by atoms with E-state index in [2.05, 4.69) is 4.99 Å². The maximum atomic E-state index is 11.8. The van der Waals surface area contributed by atoms with Gasteiger partial charge in [0.1, 0.15) is 5.75 Å². The van der Waals surface area contributed by atoms with Crippen LogP contribution in [0.2, 0.25) is 0 Å². The highest BCUT2D eigenvalue weighted by atomic mass is 16.5. The topological polar surface area (TPSA) is 57.1 Å². The number of nitrogens with zero attached hydrogens (tertiary/aromatic N) is 1. The summed E-state index contributed by atoms with van der Waals surface area (Å²) in [4.78, 5) is 15.8. The van der Waals surface area contributed by atoms with E-state index in [1.807, 2.05) is 38.1 Å². The summed E-state index contributed by atoms with van der Waals surface area (Å²) >= 11 is 0. The summed E-state index contributed by atoms with van der Waals surface area (Å²) in [6.07, 6.45) is 1.01. The summed E-state index contributed by atoms with van der Waals surface area (Å²) in [5, 5.41) is 0. The molecule has 0 radical (unpaired) electrons. The van der Waals surface area contributed by atoms with Gasteiger partial charge in [-0.2, -0.15) is 0 Å². The number of ether oxygens (including phenoxy) is 3. The molecule has 1 heterocycles. The average Bonchev–Trinajstić information content (AvgIpc) is 2.88. The molecule has 108 valence electrons. The zero-order valence-corrected chi connectivity index (χ0v) is 11.9. The van der Waals surface area contributed by atoms with Crippen LogP contribution in [0.4, 0.5) is 0 Å². The van der Waals surface area contributed by atoms with Crippen LogP contribution in [0.3, 0.4) is 0 Å². The summed E-state index contributed by atoms with van der Waals surface area (Å²) in [5.41, 5.74) is 0.872. The molecule has 2 rings (SSSR count). The molecule has 5 nitrogen and oxygen atoms in total. The number of hydrogen-bond acceptors (Lipinski definition) is 5. The van der Waals surface area contributed by atoms with Gasteiger partial charge in [0, 0.05) is 0 Å². The Hall–Kier alpha value is -2.04. The lowest BCUT2D eigenvalue weighted by atomic mass is 10.0. The molecule has 0 spiro atoms. The average molecular weight is 277 g/mol. The molecule has 1 aromatic carbocycles. The molecule has 0 saturated heterocycles. The Labute approximate surface area is 118 Å². The van der Waals surface area contributed by atoms with Gasteiger partial charge in [0.25, 0.3) is 0 Å². The molecule has 1 aliphatic heterocycles. The Morgan fingerprint density at radius 1 is 1.35 bits per heavy atom. The fourth-order valence-corrected chi connectivity index (χ4v) is 2.00. The van der Waals surface area contributed by atoms with E-state index >= 15 is 0 Å². The number of aliphatic imine (C=N–C) groups is 1. The lowest BCUT2D eigenvalue weighted by molar-refractivity contribution is -0.146. The van der Waals surface area contributed by atoms with Gasteiger partial charge in [-0.15, -0.1) is 0 Å². The van der Waals surface area contributed by atoms with E-state index < -0.39 is 12.1 Å². The number of hydrogen-bond donors (Lipinski definition) is 0. The van der Waals surface area contributed by atoms with Crippen LogP contribution in [0.25, 0.3) is 0 Å². The Morgan fingerprint density at radius 3 is 2.65 bits per heavy atom. The quantitative estimate of drug-likeness (QED) is 0.776. The molecule has 5 heteroatoms. The molecule has 0 aromatic heterocycles. The van der Waals surface area contributed by atoms with Crippen molar-refractivity contribution in [1.29, 1.82) is 0 Å². The van der Waals surface area contributed by atoms with Crippen molar-refractivity contribution >= 4 is 12.4 Å². The molecule has 2 unspecified atom stereocenters. The van der Waals surface area contributed by atoms with Gasteiger partial charge >= 0.3 is 5.97 Å². The normalized spacial score (nSPS) is 20.8. The van der Waals surface area contributed by atoms with Gasteiger partial charge < -0.3 is 14.2 Å². The fraction of sp³-hybridized carbons (Fsp3) is 0.467. The maximum Gasteiger partial charge on any atom is 0.335 e. The SMILES string of the molecule is CCOC(=O)C1N=COC1c1ccc(OC(C)C)cc1. The van der Waals surface area contributed by atoms with Crippen LogP contribution in [0, 0.1) is 0 Å². The molecule has 0 fully saturated rings. The van der Waals surface area contributed by atoms with E-state index in [9.17, 15) is 4.79 Å². The first-order valence-corrected chi connectivity index (χ1v) is 6.72. The van der Waals surface area contributed by atoms with Gasteiger partial charge in [-0.1, -0.05) is 12.1 Å². The minimum atomic E-state index is -0.633. The third kappa shape index (κ3) is 3.29. The van der Waals surface area contributed by atoms with Crippen LogP contribution in [0.5, 0.6) is 5.75 Å². The van der Waals surface area contributed by atoms with Crippen molar-refractivity contribution in [2.45, 2.75) is 39.0 Å². The van der Waals surface area contributed by atoms with E-state index in [1.54, 1.807) is 6.92 Å². The summed E-state index contributed by atoms with van der Waals surface area (Å²) in [7, 11) is 0. The molecular weight excluding hydrogens is 258 g/mol. The van der Waals surface area contributed by atoms with Gasteiger partial charge in [0.15, 0.2) is 18.5 Å². The maximum absolute atomic E-state index is 11.8. The third-order valence-corrected chi connectivity index (χ3v) is 2.82.